The predicted octanol–water partition coefficient (Wildman–Crippen LogP) is 3.38. The van der Waals surface area contributed by atoms with Gasteiger partial charge in [0, 0.05) is 4.88 Å². The van der Waals surface area contributed by atoms with E-state index in [9.17, 15) is 0 Å². The van der Waals surface area contributed by atoms with Crippen molar-refractivity contribution in [1.29, 1.82) is 0 Å². The van der Waals surface area contributed by atoms with Crippen molar-refractivity contribution in [1.82, 2.24) is 10.3 Å². The fraction of sp³-hybridized carbons (Fsp3) is 0.769. The van der Waals surface area contributed by atoms with Crippen LogP contribution in [0.5, 0.6) is 0 Å². The van der Waals surface area contributed by atoms with Crippen LogP contribution in [0.25, 0.3) is 0 Å². The van der Waals surface area contributed by atoms with Gasteiger partial charge in [0.15, 0.2) is 0 Å². The number of thiazole rings is 1. The van der Waals surface area contributed by atoms with Gasteiger partial charge in [-0.05, 0) is 39.7 Å². The Morgan fingerprint density at radius 3 is 2.56 bits per heavy atom. The maximum atomic E-state index is 4.74. The third-order valence-electron chi connectivity index (χ3n) is 3.46. The fourth-order valence-corrected chi connectivity index (χ4v) is 3.28. The zero-order chi connectivity index (χ0) is 11.8. The molecule has 0 aliphatic heterocycles. The summed E-state index contributed by atoms with van der Waals surface area (Å²) in [5, 5.41) is 4.91. The highest BCUT2D eigenvalue weighted by Crippen LogP contribution is 2.41. The third-order valence-corrected chi connectivity index (χ3v) is 4.80. The molecule has 2 nitrogen and oxygen atoms in total. The first-order valence-corrected chi connectivity index (χ1v) is 7.06. The highest BCUT2D eigenvalue weighted by atomic mass is 32.1. The quantitative estimate of drug-likeness (QED) is 0.850. The lowest BCUT2D eigenvalue weighted by molar-refractivity contribution is 0.328. The Labute approximate surface area is 102 Å². The molecule has 0 spiro atoms. The molecule has 0 saturated heterocycles. The van der Waals surface area contributed by atoms with Crippen LogP contribution in [0.4, 0.5) is 0 Å². The van der Waals surface area contributed by atoms with Crippen molar-refractivity contribution in [2.45, 2.75) is 52.5 Å². The molecule has 1 heterocycles. The van der Waals surface area contributed by atoms with Crippen LogP contribution in [-0.2, 0) is 5.54 Å². The summed E-state index contributed by atoms with van der Waals surface area (Å²) < 4.78 is 0. The molecule has 0 bridgehead atoms. The van der Waals surface area contributed by atoms with Crippen LogP contribution in [-0.4, -0.2) is 11.5 Å². The molecular formula is C13H22N2S. The summed E-state index contributed by atoms with van der Waals surface area (Å²) in [5.41, 5.74) is 1.29. The lowest BCUT2D eigenvalue weighted by atomic mass is 9.95. The van der Waals surface area contributed by atoms with Crippen molar-refractivity contribution in [2.24, 2.45) is 5.92 Å². The summed E-state index contributed by atoms with van der Waals surface area (Å²) in [7, 11) is 0. The number of hydrogen-bond donors (Lipinski definition) is 1. The van der Waals surface area contributed by atoms with Crippen LogP contribution in [0, 0.1) is 19.8 Å². The second kappa shape index (κ2) is 4.46. The SMILES string of the molecule is CCNC(C)(CC1CC1)c1nc(C)c(C)s1. The van der Waals surface area contributed by atoms with Gasteiger partial charge in [-0.25, -0.2) is 4.98 Å². The molecule has 1 N–H and O–H groups in total. The first-order valence-electron chi connectivity index (χ1n) is 6.24. The topological polar surface area (TPSA) is 24.9 Å². The van der Waals surface area contributed by atoms with Gasteiger partial charge in [0.05, 0.1) is 11.2 Å². The van der Waals surface area contributed by atoms with E-state index in [-0.39, 0.29) is 5.54 Å². The minimum absolute atomic E-state index is 0.0968. The van der Waals surface area contributed by atoms with Crippen LogP contribution in [0.15, 0.2) is 0 Å². The number of aryl methyl sites for hydroxylation is 2. The average molecular weight is 238 g/mol. The Morgan fingerprint density at radius 1 is 1.44 bits per heavy atom. The van der Waals surface area contributed by atoms with Crippen LogP contribution in [0.3, 0.4) is 0 Å². The van der Waals surface area contributed by atoms with Gasteiger partial charge >= 0.3 is 0 Å². The lowest BCUT2D eigenvalue weighted by Gasteiger charge is -2.28. The number of hydrogen-bond acceptors (Lipinski definition) is 3. The molecule has 0 aromatic carbocycles. The van der Waals surface area contributed by atoms with Crippen LogP contribution >= 0.6 is 11.3 Å². The smallest absolute Gasteiger partial charge is 0.113 e. The molecule has 1 aliphatic rings. The predicted molar refractivity (Wildman–Crippen MR) is 70.0 cm³/mol. The van der Waals surface area contributed by atoms with Crippen molar-refractivity contribution >= 4 is 11.3 Å². The second-order valence-electron chi connectivity index (χ2n) is 5.17. The summed E-state index contributed by atoms with van der Waals surface area (Å²) in [6, 6.07) is 0. The molecule has 90 valence electrons. The third kappa shape index (κ3) is 2.46. The van der Waals surface area contributed by atoms with Gasteiger partial charge < -0.3 is 5.32 Å². The van der Waals surface area contributed by atoms with E-state index in [0.717, 1.165) is 12.5 Å². The molecule has 1 aliphatic carbocycles. The van der Waals surface area contributed by atoms with Gasteiger partial charge in [-0.3, -0.25) is 0 Å². The van der Waals surface area contributed by atoms with Crippen molar-refractivity contribution < 1.29 is 0 Å². The minimum atomic E-state index is 0.0968. The van der Waals surface area contributed by atoms with E-state index in [1.165, 1.54) is 34.8 Å². The van der Waals surface area contributed by atoms with E-state index < -0.39 is 0 Å². The first-order chi connectivity index (χ1) is 7.55. The van der Waals surface area contributed by atoms with Gasteiger partial charge in [-0.1, -0.05) is 19.8 Å². The van der Waals surface area contributed by atoms with Crippen molar-refractivity contribution in [2.75, 3.05) is 6.54 Å². The summed E-state index contributed by atoms with van der Waals surface area (Å²) in [4.78, 5) is 6.09. The van der Waals surface area contributed by atoms with Gasteiger partial charge in [0.1, 0.15) is 5.01 Å². The molecule has 1 fully saturated rings. The van der Waals surface area contributed by atoms with E-state index in [0.29, 0.717) is 0 Å². The molecule has 0 amide bonds. The largest absolute Gasteiger partial charge is 0.306 e. The molecular weight excluding hydrogens is 216 g/mol. The van der Waals surface area contributed by atoms with Crippen LogP contribution in [0.2, 0.25) is 0 Å². The summed E-state index contributed by atoms with van der Waals surface area (Å²) >= 11 is 1.86. The molecule has 16 heavy (non-hydrogen) atoms. The Bertz CT molecular complexity index is 349. The van der Waals surface area contributed by atoms with E-state index >= 15 is 0 Å². The summed E-state index contributed by atoms with van der Waals surface area (Å²) in [6.07, 6.45) is 4.06. The van der Waals surface area contributed by atoms with E-state index in [1.54, 1.807) is 0 Å². The lowest BCUT2D eigenvalue weighted by Crippen LogP contribution is -2.39. The standard InChI is InChI=1S/C13H22N2S/c1-5-14-13(4,8-11-6-7-11)12-15-9(2)10(3)16-12/h11,14H,5-8H2,1-4H3. The van der Waals surface area contributed by atoms with Crippen molar-refractivity contribution in [3.8, 4) is 0 Å². The molecule has 1 saturated carbocycles. The van der Waals surface area contributed by atoms with E-state index in [1.807, 2.05) is 11.3 Å². The van der Waals surface area contributed by atoms with Crippen molar-refractivity contribution in [3.63, 3.8) is 0 Å². The normalized spacial score (nSPS) is 19.8. The first kappa shape index (κ1) is 12.1. The zero-order valence-corrected chi connectivity index (χ0v) is 11.6. The molecule has 1 unspecified atom stereocenters. The van der Waals surface area contributed by atoms with Gasteiger partial charge in [0.25, 0.3) is 0 Å². The Hall–Kier alpha value is -0.410. The fourth-order valence-electron chi connectivity index (χ4n) is 2.23. The number of rotatable bonds is 5. The number of aromatic nitrogens is 1. The summed E-state index contributed by atoms with van der Waals surface area (Å²) in [5.74, 6) is 0.925. The molecule has 1 aromatic rings. The highest BCUT2D eigenvalue weighted by molar-refractivity contribution is 7.11. The molecule has 1 aromatic heterocycles. The summed E-state index contributed by atoms with van der Waals surface area (Å²) in [6.45, 7) is 9.78. The number of nitrogens with zero attached hydrogens (tertiary/aromatic N) is 1. The van der Waals surface area contributed by atoms with Gasteiger partial charge in [-0.2, -0.15) is 0 Å². The maximum absolute atomic E-state index is 4.74. The molecule has 3 heteroatoms. The van der Waals surface area contributed by atoms with Crippen molar-refractivity contribution in [3.05, 3.63) is 15.6 Å². The monoisotopic (exact) mass is 238 g/mol. The molecule has 1 atom stereocenters. The Balaban J connectivity index is 2.22. The average Bonchev–Trinajstić information content (AvgIpc) is 2.94. The molecule has 0 radical (unpaired) electrons. The zero-order valence-electron chi connectivity index (χ0n) is 10.8. The maximum Gasteiger partial charge on any atom is 0.113 e. The van der Waals surface area contributed by atoms with Gasteiger partial charge in [0.2, 0.25) is 0 Å². The Morgan fingerprint density at radius 2 is 2.12 bits per heavy atom. The number of nitrogens with one attached hydrogen (secondary N) is 1. The minimum Gasteiger partial charge on any atom is -0.306 e. The van der Waals surface area contributed by atoms with Crippen LogP contribution < -0.4 is 5.32 Å². The van der Waals surface area contributed by atoms with Crippen LogP contribution in [0.1, 0.15) is 48.7 Å². The van der Waals surface area contributed by atoms with E-state index in [4.69, 9.17) is 4.98 Å². The van der Waals surface area contributed by atoms with Gasteiger partial charge in [-0.15, -0.1) is 11.3 Å². The van der Waals surface area contributed by atoms with E-state index in [2.05, 4.69) is 33.0 Å². The second-order valence-corrected chi connectivity index (χ2v) is 6.37. The molecule has 2 rings (SSSR count). The Kier molecular flexibility index (Phi) is 3.36. The highest BCUT2D eigenvalue weighted by Gasteiger charge is 2.36.